The van der Waals surface area contributed by atoms with E-state index in [1.165, 1.54) is 4.80 Å². The quantitative estimate of drug-likeness (QED) is 0.756. The molecule has 1 atom stereocenters. The summed E-state index contributed by atoms with van der Waals surface area (Å²) in [6.07, 6.45) is 0.137. The second kappa shape index (κ2) is 6.05. The summed E-state index contributed by atoms with van der Waals surface area (Å²) in [6.45, 7) is 0.608. The standard InChI is InChI=1S/C12H16N6O/c1-18-16-12(15-17-18)10(7-11(13)19)14-8-9-5-3-2-4-6-9/h2-6,10,14H,7-8H2,1H3,(H2,13,19). The molecule has 1 amide bonds. The normalized spacial score (nSPS) is 12.3. The molecule has 7 heteroatoms. The Morgan fingerprint density at radius 1 is 1.42 bits per heavy atom. The number of hydrogen-bond acceptors (Lipinski definition) is 5. The van der Waals surface area contributed by atoms with Crippen molar-refractivity contribution in [2.75, 3.05) is 0 Å². The van der Waals surface area contributed by atoms with Gasteiger partial charge in [0.25, 0.3) is 0 Å². The smallest absolute Gasteiger partial charge is 0.219 e. The van der Waals surface area contributed by atoms with Crippen molar-refractivity contribution in [2.45, 2.75) is 19.0 Å². The zero-order valence-corrected chi connectivity index (χ0v) is 10.7. The summed E-state index contributed by atoms with van der Waals surface area (Å²) in [7, 11) is 1.68. The molecule has 0 aliphatic heterocycles. The lowest BCUT2D eigenvalue weighted by Gasteiger charge is -2.13. The van der Waals surface area contributed by atoms with Crippen LogP contribution in [0.1, 0.15) is 23.9 Å². The molecule has 100 valence electrons. The molecule has 0 aliphatic rings. The van der Waals surface area contributed by atoms with Crippen LogP contribution in [0, 0.1) is 0 Å². The average molecular weight is 260 g/mol. The molecule has 3 N–H and O–H groups in total. The van der Waals surface area contributed by atoms with Crippen molar-refractivity contribution in [3.05, 3.63) is 41.7 Å². The van der Waals surface area contributed by atoms with E-state index in [1.807, 2.05) is 30.3 Å². The predicted octanol–water partition coefficient (Wildman–Crippen LogP) is -0.0836. The minimum absolute atomic E-state index is 0.137. The zero-order valence-electron chi connectivity index (χ0n) is 10.7. The Morgan fingerprint density at radius 2 is 2.16 bits per heavy atom. The average Bonchev–Trinajstić information content (AvgIpc) is 2.82. The van der Waals surface area contributed by atoms with Crippen LogP contribution in [0.3, 0.4) is 0 Å². The first-order chi connectivity index (χ1) is 9.15. The molecular weight excluding hydrogens is 244 g/mol. The van der Waals surface area contributed by atoms with Gasteiger partial charge >= 0.3 is 0 Å². The van der Waals surface area contributed by atoms with Crippen LogP contribution in [0.2, 0.25) is 0 Å². The van der Waals surface area contributed by atoms with E-state index in [9.17, 15) is 4.79 Å². The molecule has 7 nitrogen and oxygen atoms in total. The van der Waals surface area contributed by atoms with Gasteiger partial charge in [-0.3, -0.25) is 4.79 Å². The van der Waals surface area contributed by atoms with Gasteiger partial charge in [-0.15, -0.1) is 10.2 Å². The largest absolute Gasteiger partial charge is 0.370 e. The topological polar surface area (TPSA) is 98.7 Å². The van der Waals surface area contributed by atoms with Gasteiger partial charge in [-0.2, -0.15) is 4.80 Å². The number of amides is 1. The summed E-state index contributed by atoms with van der Waals surface area (Å²) in [6, 6.07) is 9.54. The van der Waals surface area contributed by atoms with Crippen molar-refractivity contribution in [3.8, 4) is 0 Å². The van der Waals surface area contributed by atoms with Crippen molar-refractivity contribution in [1.82, 2.24) is 25.5 Å². The second-order valence-electron chi connectivity index (χ2n) is 4.23. The lowest BCUT2D eigenvalue weighted by molar-refractivity contribution is -0.118. The first-order valence-corrected chi connectivity index (χ1v) is 5.94. The maximum absolute atomic E-state index is 11.1. The third-order valence-corrected chi connectivity index (χ3v) is 2.64. The maximum Gasteiger partial charge on any atom is 0.219 e. The van der Waals surface area contributed by atoms with E-state index in [2.05, 4.69) is 20.7 Å². The van der Waals surface area contributed by atoms with Crippen LogP contribution in [0.25, 0.3) is 0 Å². The van der Waals surface area contributed by atoms with Gasteiger partial charge in [0.05, 0.1) is 13.1 Å². The Bertz CT molecular complexity index is 538. The van der Waals surface area contributed by atoms with Crippen molar-refractivity contribution in [2.24, 2.45) is 12.8 Å². The van der Waals surface area contributed by atoms with Crippen molar-refractivity contribution < 1.29 is 4.79 Å². The van der Waals surface area contributed by atoms with Crippen molar-refractivity contribution in [3.63, 3.8) is 0 Å². The molecule has 2 aromatic rings. The number of aromatic nitrogens is 4. The molecule has 2 rings (SSSR count). The highest BCUT2D eigenvalue weighted by Crippen LogP contribution is 2.12. The van der Waals surface area contributed by atoms with Gasteiger partial charge in [-0.1, -0.05) is 30.3 Å². The van der Waals surface area contributed by atoms with Gasteiger partial charge in [0.1, 0.15) is 0 Å². The first-order valence-electron chi connectivity index (χ1n) is 5.94. The van der Waals surface area contributed by atoms with Crippen molar-refractivity contribution in [1.29, 1.82) is 0 Å². The van der Waals surface area contributed by atoms with Crippen LogP contribution < -0.4 is 11.1 Å². The zero-order chi connectivity index (χ0) is 13.7. The van der Waals surface area contributed by atoms with Gasteiger partial charge in [0.15, 0.2) is 5.82 Å². The van der Waals surface area contributed by atoms with Crippen LogP contribution in [-0.2, 0) is 18.4 Å². The summed E-state index contributed by atoms with van der Waals surface area (Å²) in [4.78, 5) is 12.5. The maximum atomic E-state index is 11.1. The molecule has 1 aromatic heterocycles. The minimum atomic E-state index is -0.405. The highest BCUT2D eigenvalue weighted by atomic mass is 16.1. The SMILES string of the molecule is Cn1nnc(C(CC(N)=O)NCc2ccccc2)n1. The molecule has 19 heavy (non-hydrogen) atoms. The lowest BCUT2D eigenvalue weighted by Crippen LogP contribution is -2.27. The number of nitrogens with one attached hydrogen (secondary N) is 1. The van der Waals surface area contributed by atoms with Crippen LogP contribution >= 0.6 is 0 Å². The van der Waals surface area contributed by atoms with E-state index >= 15 is 0 Å². The number of carbonyl (C=O) groups excluding carboxylic acids is 1. The van der Waals surface area contributed by atoms with E-state index in [-0.39, 0.29) is 12.5 Å². The molecule has 0 fully saturated rings. The first kappa shape index (κ1) is 13.2. The molecule has 1 unspecified atom stereocenters. The van der Waals surface area contributed by atoms with Crippen LogP contribution in [0.5, 0.6) is 0 Å². The molecule has 0 aliphatic carbocycles. The molecule has 0 saturated heterocycles. The number of aryl methyl sites for hydroxylation is 1. The number of primary amides is 1. The number of nitrogens with zero attached hydrogens (tertiary/aromatic N) is 4. The molecular formula is C12H16N6O. The number of benzene rings is 1. The second-order valence-corrected chi connectivity index (χ2v) is 4.23. The number of carbonyl (C=O) groups is 1. The summed E-state index contributed by atoms with van der Waals surface area (Å²) in [5.41, 5.74) is 6.36. The number of tetrazole rings is 1. The molecule has 0 spiro atoms. The Hall–Kier alpha value is -2.28. The van der Waals surface area contributed by atoms with E-state index in [1.54, 1.807) is 7.05 Å². The summed E-state index contributed by atoms with van der Waals surface area (Å²) in [5.74, 6) is 0.0650. The predicted molar refractivity (Wildman–Crippen MR) is 68.6 cm³/mol. The van der Waals surface area contributed by atoms with E-state index in [4.69, 9.17) is 5.73 Å². The Balaban J connectivity index is 2.04. The Morgan fingerprint density at radius 3 is 2.74 bits per heavy atom. The lowest BCUT2D eigenvalue weighted by atomic mass is 10.1. The molecule has 1 heterocycles. The van der Waals surface area contributed by atoms with Crippen molar-refractivity contribution >= 4 is 5.91 Å². The fourth-order valence-corrected chi connectivity index (χ4v) is 1.73. The monoisotopic (exact) mass is 260 g/mol. The van der Waals surface area contributed by atoms with Crippen LogP contribution in [0.4, 0.5) is 0 Å². The van der Waals surface area contributed by atoms with Crippen LogP contribution in [-0.4, -0.2) is 26.1 Å². The summed E-state index contributed by atoms with van der Waals surface area (Å²) < 4.78 is 0. The molecule has 0 saturated carbocycles. The molecule has 0 bridgehead atoms. The van der Waals surface area contributed by atoms with Gasteiger partial charge in [-0.05, 0) is 10.8 Å². The highest BCUT2D eigenvalue weighted by Gasteiger charge is 2.18. The Kier molecular flexibility index (Phi) is 4.19. The number of nitrogens with two attached hydrogens (primary N) is 1. The fourth-order valence-electron chi connectivity index (χ4n) is 1.73. The van der Waals surface area contributed by atoms with Gasteiger partial charge in [-0.25, -0.2) is 0 Å². The highest BCUT2D eigenvalue weighted by molar-refractivity contribution is 5.74. The molecule has 0 radical (unpaired) electrons. The third-order valence-electron chi connectivity index (χ3n) is 2.64. The number of rotatable bonds is 6. The fraction of sp³-hybridized carbons (Fsp3) is 0.333. The van der Waals surface area contributed by atoms with E-state index in [0.29, 0.717) is 12.4 Å². The van der Waals surface area contributed by atoms with Gasteiger partial charge in [0.2, 0.25) is 5.91 Å². The third kappa shape index (κ3) is 3.85. The number of hydrogen-bond donors (Lipinski definition) is 2. The minimum Gasteiger partial charge on any atom is -0.370 e. The summed E-state index contributed by atoms with van der Waals surface area (Å²) >= 11 is 0. The Labute approximate surface area is 110 Å². The van der Waals surface area contributed by atoms with Gasteiger partial charge < -0.3 is 11.1 Å². The molecule has 1 aromatic carbocycles. The van der Waals surface area contributed by atoms with E-state index < -0.39 is 5.91 Å². The van der Waals surface area contributed by atoms with Crippen LogP contribution in [0.15, 0.2) is 30.3 Å². The summed E-state index contributed by atoms with van der Waals surface area (Å²) in [5, 5.41) is 15.0. The van der Waals surface area contributed by atoms with Gasteiger partial charge in [0, 0.05) is 13.0 Å². The van der Waals surface area contributed by atoms with E-state index in [0.717, 1.165) is 5.56 Å².